The number of aromatic nitrogens is 3. The summed E-state index contributed by atoms with van der Waals surface area (Å²) in [6.45, 7) is 3.12. The summed E-state index contributed by atoms with van der Waals surface area (Å²) in [5.74, 6) is 0.904. The topological polar surface area (TPSA) is 42.7 Å². The highest BCUT2D eigenvalue weighted by Crippen LogP contribution is 2.21. The third kappa shape index (κ3) is 3.38. The number of rotatable bonds is 6. The first-order valence-electron chi connectivity index (χ1n) is 5.91. The van der Waals surface area contributed by atoms with Crippen LogP contribution >= 0.6 is 11.3 Å². The quantitative estimate of drug-likeness (QED) is 0.854. The van der Waals surface area contributed by atoms with E-state index in [2.05, 4.69) is 39.8 Å². The van der Waals surface area contributed by atoms with E-state index in [4.69, 9.17) is 0 Å². The Hall–Kier alpha value is -1.20. The van der Waals surface area contributed by atoms with Crippen LogP contribution in [0.25, 0.3) is 0 Å². The minimum atomic E-state index is 0.457. The van der Waals surface area contributed by atoms with Crippen LogP contribution < -0.4 is 5.32 Å². The van der Waals surface area contributed by atoms with Gasteiger partial charge >= 0.3 is 0 Å². The Morgan fingerprint density at radius 3 is 3.00 bits per heavy atom. The summed E-state index contributed by atoms with van der Waals surface area (Å²) in [6, 6.07) is 4.74. The van der Waals surface area contributed by atoms with Gasteiger partial charge in [0.2, 0.25) is 0 Å². The Kier molecular flexibility index (Phi) is 4.28. The fourth-order valence-electron chi connectivity index (χ4n) is 1.79. The molecule has 1 N–H and O–H groups in total. The molecule has 0 bridgehead atoms. The third-order valence-electron chi connectivity index (χ3n) is 2.68. The number of hydrogen-bond donors (Lipinski definition) is 1. The Bertz CT molecular complexity index is 435. The molecule has 0 aliphatic carbocycles. The predicted octanol–water partition coefficient (Wildman–Crippen LogP) is 2.16. The minimum absolute atomic E-state index is 0.457. The van der Waals surface area contributed by atoms with Crippen LogP contribution in [0.2, 0.25) is 0 Å². The molecule has 1 unspecified atom stereocenters. The first-order valence-corrected chi connectivity index (χ1v) is 6.79. The summed E-state index contributed by atoms with van der Waals surface area (Å²) in [4.78, 5) is 5.62. The smallest absolute Gasteiger partial charge is 0.151 e. The van der Waals surface area contributed by atoms with Crippen LogP contribution in [0.5, 0.6) is 0 Å². The van der Waals surface area contributed by atoms with Crippen LogP contribution in [-0.4, -0.2) is 21.3 Å². The molecule has 17 heavy (non-hydrogen) atoms. The SMILES string of the molecule is CCC(NCCc1ncn(C)n1)c1cccs1. The van der Waals surface area contributed by atoms with Gasteiger partial charge in [-0.05, 0) is 17.9 Å². The molecule has 0 fully saturated rings. The molecule has 0 saturated heterocycles. The van der Waals surface area contributed by atoms with Crippen molar-refractivity contribution in [3.05, 3.63) is 34.5 Å². The molecule has 1 atom stereocenters. The Balaban J connectivity index is 1.81. The van der Waals surface area contributed by atoms with Gasteiger partial charge in [-0.15, -0.1) is 11.3 Å². The maximum Gasteiger partial charge on any atom is 0.151 e. The molecule has 2 rings (SSSR count). The number of nitrogens with zero attached hydrogens (tertiary/aromatic N) is 3. The van der Waals surface area contributed by atoms with Crippen molar-refractivity contribution in [3.8, 4) is 0 Å². The molecule has 0 aromatic carbocycles. The van der Waals surface area contributed by atoms with Crippen molar-refractivity contribution in [2.24, 2.45) is 7.05 Å². The molecule has 0 aliphatic heterocycles. The lowest BCUT2D eigenvalue weighted by molar-refractivity contribution is 0.525. The van der Waals surface area contributed by atoms with Crippen LogP contribution in [0.3, 0.4) is 0 Å². The Morgan fingerprint density at radius 2 is 2.41 bits per heavy atom. The summed E-state index contributed by atoms with van der Waals surface area (Å²) in [5, 5.41) is 9.94. The number of hydrogen-bond acceptors (Lipinski definition) is 4. The summed E-state index contributed by atoms with van der Waals surface area (Å²) < 4.78 is 1.74. The highest BCUT2D eigenvalue weighted by atomic mass is 32.1. The van der Waals surface area contributed by atoms with Crippen molar-refractivity contribution in [2.75, 3.05) is 6.54 Å². The first kappa shape index (κ1) is 12.3. The molecule has 0 spiro atoms. The van der Waals surface area contributed by atoms with Gasteiger partial charge in [-0.25, -0.2) is 4.98 Å². The molecule has 0 amide bonds. The lowest BCUT2D eigenvalue weighted by atomic mass is 10.2. The van der Waals surface area contributed by atoms with E-state index in [9.17, 15) is 0 Å². The second kappa shape index (κ2) is 5.93. The molecular weight excluding hydrogens is 232 g/mol. The van der Waals surface area contributed by atoms with Gasteiger partial charge in [-0.3, -0.25) is 4.68 Å². The van der Waals surface area contributed by atoms with E-state index in [-0.39, 0.29) is 0 Å². The number of thiophene rings is 1. The molecule has 0 saturated carbocycles. The molecule has 0 aliphatic rings. The largest absolute Gasteiger partial charge is 0.309 e. The highest BCUT2D eigenvalue weighted by Gasteiger charge is 2.09. The fraction of sp³-hybridized carbons (Fsp3) is 0.500. The Labute approximate surface area is 106 Å². The van der Waals surface area contributed by atoms with Gasteiger partial charge in [0, 0.05) is 30.9 Å². The van der Waals surface area contributed by atoms with Crippen molar-refractivity contribution in [1.82, 2.24) is 20.1 Å². The van der Waals surface area contributed by atoms with E-state index in [1.807, 2.05) is 18.4 Å². The van der Waals surface area contributed by atoms with E-state index in [0.717, 1.165) is 25.2 Å². The van der Waals surface area contributed by atoms with Gasteiger partial charge in [0.15, 0.2) is 5.82 Å². The van der Waals surface area contributed by atoms with Crippen molar-refractivity contribution >= 4 is 11.3 Å². The van der Waals surface area contributed by atoms with Crippen LogP contribution in [-0.2, 0) is 13.5 Å². The average molecular weight is 250 g/mol. The molecule has 2 heterocycles. The average Bonchev–Trinajstić information content (AvgIpc) is 2.96. The van der Waals surface area contributed by atoms with Gasteiger partial charge in [0.1, 0.15) is 6.33 Å². The standard InChI is InChI=1S/C12H18N4S/c1-3-10(11-5-4-8-17-11)13-7-6-12-14-9-16(2)15-12/h4-5,8-10,13H,3,6-7H2,1-2H3. The zero-order valence-electron chi connectivity index (χ0n) is 10.3. The summed E-state index contributed by atoms with van der Waals surface area (Å²) in [7, 11) is 1.89. The van der Waals surface area contributed by atoms with Gasteiger partial charge in [0.05, 0.1) is 0 Å². The summed E-state index contributed by atoms with van der Waals surface area (Å²) >= 11 is 1.81. The van der Waals surface area contributed by atoms with E-state index in [1.165, 1.54) is 4.88 Å². The molecular formula is C12H18N4S. The number of aryl methyl sites for hydroxylation is 1. The van der Waals surface area contributed by atoms with Gasteiger partial charge in [-0.2, -0.15) is 5.10 Å². The van der Waals surface area contributed by atoms with E-state index in [0.29, 0.717) is 6.04 Å². The first-order chi connectivity index (χ1) is 8.29. The number of nitrogens with one attached hydrogen (secondary N) is 1. The van der Waals surface area contributed by atoms with Crippen molar-refractivity contribution in [2.45, 2.75) is 25.8 Å². The molecule has 92 valence electrons. The summed E-state index contributed by atoms with van der Waals surface area (Å²) in [6.07, 6.45) is 3.73. The van der Waals surface area contributed by atoms with Gasteiger partial charge in [-0.1, -0.05) is 13.0 Å². The predicted molar refractivity (Wildman–Crippen MR) is 70.1 cm³/mol. The minimum Gasteiger partial charge on any atom is -0.309 e. The molecule has 0 radical (unpaired) electrons. The van der Waals surface area contributed by atoms with E-state index in [1.54, 1.807) is 11.0 Å². The third-order valence-corrected chi connectivity index (χ3v) is 3.67. The van der Waals surface area contributed by atoms with Crippen molar-refractivity contribution < 1.29 is 0 Å². The molecule has 5 heteroatoms. The zero-order valence-corrected chi connectivity index (χ0v) is 11.1. The lowest BCUT2D eigenvalue weighted by Crippen LogP contribution is -2.22. The lowest BCUT2D eigenvalue weighted by Gasteiger charge is -2.14. The van der Waals surface area contributed by atoms with Crippen LogP contribution in [0.15, 0.2) is 23.8 Å². The molecule has 4 nitrogen and oxygen atoms in total. The van der Waals surface area contributed by atoms with Crippen molar-refractivity contribution in [1.29, 1.82) is 0 Å². The van der Waals surface area contributed by atoms with Crippen LogP contribution in [0.4, 0.5) is 0 Å². The van der Waals surface area contributed by atoms with Gasteiger partial charge in [0.25, 0.3) is 0 Å². The molecule has 2 aromatic rings. The molecule has 2 aromatic heterocycles. The summed E-state index contributed by atoms with van der Waals surface area (Å²) in [5.41, 5.74) is 0. The van der Waals surface area contributed by atoms with E-state index >= 15 is 0 Å². The Morgan fingerprint density at radius 1 is 1.53 bits per heavy atom. The highest BCUT2D eigenvalue weighted by molar-refractivity contribution is 7.10. The monoisotopic (exact) mass is 250 g/mol. The normalized spacial score (nSPS) is 12.8. The second-order valence-corrected chi connectivity index (χ2v) is 4.99. The fourth-order valence-corrected chi connectivity index (χ4v) is 2.68. The van der Waals surface area contributed by atoms with E-state index < -0.39 is 0 Å². The van der Waals surface area contributed by atoms with Crippen LogP contribution in [0, 0.1) is 0 Å². The van der Waals surface area contributed by atoms with Crippen molar-refractivity contribution in [3.63, 3.8) is 0 Å². The zero-order chi connectivity index (χ0) is 12.1. The van der Waals surface area contributed by atoms with Crippen LogP contribution in [0.1, 0.15) is 30.1 Å². The maximum atomic E-state index is 4.26. The second-order valence-electron chi connectivity index (χ2n) is 4.01. The maximum absolute atomic E-state index is 4.26. The van der Waals surface area contributed by atoms with Gasteiger partial charge < -0.3 is 5.32 Å².